The molecule has 2 aromatic rings. The molecule has 0 saturated carbocycles. The second kappa shape index (κ2) is 8.97. The molecule has 1 aromatic carbocycles. The monoisotopic (exact) mass is 404 g/mol. The third-order valence-corrected chi connectivity index (χ3v) is 5.48. The van der Waals surface area contributed by atoms with Gasteiger partial charge in [0.15, 0.2) is 6.10 Å². The van der Waals surface area contributed by atoms with Gasteiger partial charge < -0.3 is 15.0 Å². The van der Waals surface area contributed by atoms with E-state index in [-0.39, 0.29) is 11.8 Å². The largest absolute Gasteiger partial charge is 0.452 e. The van der Waals surface area contributed by atoms with E-state index in [1.54, 1.807) is 11.0 Å². The number of likely N-dealkylation sites (tertiary alicyclic amines) is 1. The Balaban J connectivity index is 1.46. The number of nitrogens with zero attached hydrogens (tertiary/aromatic N) is 1. The third-order valence-electron chi connectivity index (χ3n) is 4.62. The van der Waals surface area contributed by atoms with Gasteiger partial charge in [-0.25, -0.2) is 4.39 Å². The van der Waals surface area contributed by atoms with Gasteiger partial charge in [-0.15, -0.1) is 11.3 Å². The molecule has 2 amide bonds. The molecule has 148 valence electrons. The molecule has 2 heterocycles. The minimum atomic E-state index is -0.969. The van der Waals surface area contributed by atoms with Crippen molar-refractivity contribution in [1.82, 2.24) is 4.90 Å². The second-order valence-corrected chi connectivity index (χ2v) is 7.57. The Labute approximate surface area is 166 Å². The van der Waals surface area contributed by atoms with Crippen LogP contribution in [0.2, 0.25) is 0 Å². The summed E-state index contributed by atoms with van der Waals surface area (Å²) < 4.78 is 18.2. The van der Waals surface area contributed by atoms with Crippen LogP contribution in [0.25, 0.3) is 0 Å². The summed E-state index contributed by atoms with van der Waals surface area (Å²) in [6, 6.07) is 8.95. The highest BCUT2D eigenvalue weighted by Crippen LogP contribution is 2.22. The van der Waals surface area contributed by atoms with E-state index in [0.717, 1.165) is 0 Å². The molecule has 1 aliphatic heterocycles. The topological polar surface area (TPSA) is 75.7 Å². The number of piperidine rings is 1. The Morgan fingerprint density at radius 2 is 1.86 bits per heavy atom. The minimum absolute atomic E-state index is 0.0196. The summed E-state index contributed by atoms with van der Waals surface area (Å²) in [5.74, 6) is -1.68. The number of anilines is 1. The van der Waals surface area contributed by atoms with E-state index in [1.165, 1.54) is 42.5 Å². The first-order valence-corrected chi connectivity index (χ1v) is 9.91. The van der Waals surface area contributed by atoms with Gasteiger partial charge in [-0.3, -0.25) is 14.4 Å². The molecule has 3 rings (SSSR count). The lowest BCUT2D eigenvalue weighted by Crippen LogP contribution is -2.41. The fourth-order valence-electron chi connectivity index (χ4n) is 2.98. The number of halogens is 1. The number of amides is 2. The summed E-state index contributed by atoms with van der Waals surface area (Å²) in [6.45, 7) is 2.45. The van der Waals surface area contributed by atoms with Crippen molar-refractivity contribution in [3.05, 3.63) is 52.5 Å². The van der Waals surface area contributed by atoms with Gasteiger partial charge in [-0.05, 0) is 55.5 Å². The zero-order chi connectivity index (χ0) is 20.1. The van der Waals surface area contributed by atoms with E-state index in [0.29, 0.717) is 36.5 Å². The SMILES string of the molecule is C[C@@H](OC(=O)C1CCN(C(=O)c2cccs2)CC1)C(=O)Nc1ccc(F)cc1. The summed E-state index contributed by atoms with van der Waals surface area (Å²) >= 11 is 1.40. The molecule has 0 radical (unpaired) electrons. The van der Waals surface area contributed by atoms with Crippen LogP contribution < -0.4 is 5.32 Å². The molecule has 0 bridgehead atoms. The lowest BCUT2D eigenvalue weighted by Gasteiger charge is -2.31. The predicted molar refractivity (Wildman–Crippen MR) is 104 cm³/mol. The lowest BCUT2D eigenvalue weighted by molar-refractivity contribution is -0.158. The lowest BCUT2D eigenvalue weighted by atomic mass is 9.97. The highest BCUT2D eigenvalue weighted by atomic mass is 32.1. The Hall–Kier alpha value is -2.74. The number of carbonyl (C=O) groups excluding carboxylic acids is 3. The van der Waals surface area contributed by atoms with E-state index >= 15 is 0 Å². The third kappa shape index (κ3) is 4.95. The number of hydrogen-bond acceptors (Lipinski definition) is 5. The van der Waals surface area contributed by atoms with Gasteiger partial charge in [-0.1, -0.05) is 6.07 Å². The van der Waals surface area contributed by atoms with Crippen molar-refractivity contribution in [2.45, 2.75) is 25.9 Å². The van der Waals surface area contributed by atoms with Crippen LogP contribution >= 0.6 is 11.3 Å². The molecule has 1 fully saturated rings. The van der Waals surface area contributed by atoms with Crippen LogP contribution in [-0.2, 0) is 14.3 Å². The van der Waals surface area contributed by atoms with Gasteiger partial charge in [0.2, 0.25) is 0 Å². The van der Waals surface area contributed by atoms with Crippen LogP contribution in [0.5, 0.6) is 0 Å². The highest BCUT2D eigenvalue weighted by Gasteiger charge is 2.31. The first-order valence-electron chi connectivity index (χ1n) is 9.03. The number of nitrogens with one attached hydrogen (secondary N) is 1. The van der Waals surface area contributed by atoms with Crippen molar-refractivity contribution in [3.63, 3.8) is 0 Å². The highest BCUT2D eigenvalue weighted by molar-refractivity contribution is 7.12. The van der Waals surface area contributed by atoms with Gasteiger partial charge in [0.1, 0.15) is 5.82 Å². The smallest absolute Gasteiger partial charge is 0.309 e. The first kappa shape index (κ1) is 20.0. The van der Waals surface area contributed by atoms with E-state index in [1.807, 2.05) is 11.4 Å². The number of carbonyl (C=O) groups is 3. The van der Waals surface area contributed by atoms with Crippen molar-refractivity contribution in [2.24, 2.45) is 5.92 Å². The summed E-state index contributed by atoms with van der Waals surface area (Å²) in [4.78, 5) is 39.3. The van der Waals surface area contributed by atoms with Crippen LogP contribution in [-0.4, -0.2) is 41.9 Å². The average Bonchev–Trinajstić information content (AvgIpc) is 3.24. The quantitative estimate of drug-likeness (QED) is 0.776. The maximum atomic E-state index is 12.9. The zero-order valence-electron chi connectivity index (χ0n) is 15.4. The summed E-state index contributed by atoms with van der Waals surface area (Å²) in [7, 11) is 0. The van der Waals surface area contributed by atoms with Crippen molar-refractivity contribution < 1.29 is 23.5 Å². The van der Waals surface area contributed by atoms with Gasteiger partial charge in [0.25, 0.3) is 11.8 Å². The van der Waals surface area contributed by atoms with Gasteiger partial charge >= 0.3 is 5.97 Å². The van der Waals surface area contributed by atoms with Crippen LogP contribution in [0.4, 0.5) is 10.1 Å². The molecule has 1 atom stereocenters. The van der Waals surface area contributed by atoms with E-state index < -0.39 is 23.8 Å². The van der Waals surface area contributed by atoms with Crippen molar-refractivity contribution >= 4 is 34.8 Å². The standard InChI is InChI=1S/C20H21FN2O4S/c1-13(18(24)22-16-6-4-15(21)5-7-16)27-20(26)14-8-10-23(11-9-14)19(25)17-3-2-12-28-17/h2-7,12-14H,8-11H2,1H3,(H,22,24)/t13-/m1/s1. The van der Waals surface area contributed by atoms with E-state index in [2.05, 4.69) is 5.32 Å². The normalized spacial score (nSPS) is 15.7. The van der Waals surface area contributed by atoms with Gasteiger partial charge in [0, 0.05) is 18.8 Å². The number of rotatable bonds is 5. The molecule has 0 unspecified atom stereocenters. The molecule has 8 heteroatoms. The molecule has 1 aliphatic rings. The van der Waals surface area contributed by atoms with Crippen LogP contribution in [0.1, 0.15) is 29.4 Å². The van der Waals surface area contributed by atoms with Gasteiger partial charge in [-0.2, -0.15) is 0 Å². The fourth-order valence-corrected chi connectivity index (χ4v) is 3.67. The predicted octanol–water partition coefficient (Wildman–Crippen LogP) is 3.31. The van der Waals surface area contributed by atoms with Crippen LogP contribution in [0, 0.1) is 11.7 Å². The summed E-state index contributed by atoms with van der Waals surface area (Å²) in [6.07, 6.45) is 0.0353. The maximum absolute atomic E-state index is 12.9. The summed E-state index contributed by atoms with van der Waals surface area (Å²) in [5.41, 5.74) is 0.426. The molecule has 1 N–H and O–H groups in total. The van der Waals surface area contributed by atoms with E-state index in [4.69, 9.17) is 4.74 Å². The first-order chi connectivity index (χ1) is 13.4. The van der Waals surface area contributed by atoms with E-state index in [9.17, 15) is 18.8 Å². The van der Waals surface area contributed by atoms with Crippen molar-refractivity contribution in [1.29, 1.82) is 0 Å². The number of benzene rings is 1. The van der Waals surface area contributed by atoms with Crippen molar-refractivity contribution in [3.8, 4) is 0 Å². The Morgan fingerprint density at radius 3 is 2.46 bits per heavy atom. The molecule has 0 spiro atoms. The number of thiophene rings is 1. The van der Waals surface area contributed by atoms with Crippen molar-refractivity contribution in [2.75, 3.05) is 18.4 Å². The average molecular weight is 404 g/mol. The number of esters is 1. The molecule has 1 aromatic heterocycles. The molecule has 6 nitrogen and oxygen atoms in total. The Morgan fingerprint density at radius 1 is 1.18 bits per heavy atom. The maximum Gasteiger partial charge on any atom is 0.309 e. The number of hydrogen-bond donors (Lipinski definition) is 1. The Kier molecular flexibility index (Phi) is 6.41. The van der Waals surface area contributed by atoms with Gasteiger partial charge in [0.05, 0.1) is 10.8 Å². The minimum Gasteiger partial charge on any atom is -0.452 e. The summed E-state index contributed by atoms with van der Waals surface area (Å²) in [5, 5.41) is 4.44. The molecular formula is C20H21FN2O4S. The molecule has 1 saturated heterocycles. The fraction of sp³-hybridized carbons (Fsp3) is 0.350. The molecule has 28 heavy (non-hydrogen) atoms. The molecule has 0 aliphatic carbocycles. The second-order valence-electron chi connectivity index (χ2n) is 6.62. The number of ether oxygens (including phenoxy) is 1. The zero-order valence-corrected chi connectivity index (χ0v) is 16.2. The molecular weight excluding hydrogens is 383 g/mol. The Bertz CT molecular complexity index is 830. The van der Waals surface area contributed by atoms with Crippen LogP contribution in [0.15, 0.2) is 41.8 Å². The van der Waals surface area contributed by atoms with Crippen LogP contribution in [0.3, 0.4) is 0 Å².